The number of piperidine rings is 1. The van der Waals surface area contributed by atoms with E-state index < -0.39 is 0 Å². The highest BCUT2D eigenvalue weighted by Gasteiger charge is 2.47. The van der Waals surface area contributed by atoms with Gasteiger partial charge in [-0.1, -0.05) is 36.9 Å². The lowest BCUT2D eigenvalue weighted by Crippen LogP contribution is -2.36. The summed E-state index contributed by atoms with van der Waals surface area (Å²) in [5.74, 6) is 1.85. The Bertz CT molecular complexity index is 313. The van der Waals surface area contributed by atoms with Gasteiger partial charge in [0.2, 0.25) is 0 Å². The fourth-order valence-corrected chi connectivity index (χ4v) is 3.21. The molecule has 0 aromatic rings. The number of likely N-dealkylation sites (tertiary alicyclic amines) is 1. The van der Waals surface area contributed by atoms with Gasteiger partial charge in [-0.25, -0.2) is 0 Å². The first-order valence-corrected chi connectivity index (χ1v) is 6.95. The van der Waals surface area contributed by atoms with Crippen LogP contribution in [0.5, 0.6) is 0 Å². The van der Waals surface area contributed by atoms with Gasteiger partial charge >= 0.3 is 0 Å². The third-order valence-corrected chi connectivity index (χ3v) is 4.50. The van der Waals surface area contributed by atoms with Crippen molar-refractivity contribution in [1.82, 2.24) is 4.90 Å². The predicted octanol–water partition coefficient (Wildman–Crippen LogP) is 2.95. The minimum atomic E-state index is 0.880. The zero-order valence-corrected chi connectivity index (χ0v) is 10.4. The normalized spacial score (nSPS) is 31.7. The molecule has 3 rings (SSSR count). The minimum absolute atomic E-state index is 0.880. The smallest absolute Gasteiger partial charge is 0.194 e. The Kier molecular flexibility index (Phi) is 2.93. The molecule has 0 N–H and O–H groups in total. The molecule has 3 aliphatic rings. The van der Waals surface area contributed by atoms with E-state index in [1.807, 2.05) is 0 Å². The molecule has 1 nitrogen and oxygen atoms in total. The van der Waals surface area contributed by atoms with E-state index in [1.165, 1.54) is 45.1 Å². The molecule has 1 atom stereocenters. The van der Waals surface area contributed by atoms with Crippen LogP contribution in [0, 0.1) is 5.92 Å². The van der Waals surface area contributed by atoms with Crippen LogP contribution in [-0.4, -0.2) is 30.6 Å². The van der Waals surface area contributed by atoms with Gasteiger partial charge in [0, 0.05) is 0 Å². The number of nitrogens with zero attached hydrogens (tertiary/aromatic N) is 1. The lowest BCUT2D eigenvalue weighted by Gasteiger charge is -2.31. The van der Waals surface area contributed by atoms with E-state index in [0.717, 1.165) is 18.6 Å². The molecule has 0 radical (unpaired) electrons. The highest BCUT2D eigenvalue weighted by atomic mass is 15.2. The fourth-order valence-electron chi connectivity index (χ4n) is 3.21. The summed E-state index contributed by atoms with van der Waals surface area (Å²) >= 11 is 0. The van der Waals surface area contributed by atoms with Crippen molar-refractivity contribution in [1.29, 1.82) is 0 Å². The van der Waals surface area contributed by atoms with Crippen LogP contribution in [0.25, 0.3) is 0 Å². The maximum atomic E-state index is 2.74. The first kappa shape index (κ1) is 10.6. The van der Waals surface area contributed by atoms with Crippen molar-refractivity contribution in [3.05, 3.63) is 23.7 Å². The molecule has 2 fully saturated rings. The second kappa shape index (κ2) is 4.41. The summed E-state index contributed by atoms with van der Waals surface area (Å²) in [6.45, 7) is 5.97. The molecule has 2 aliphatic heterocycles. The van der Waals surface area contributed by atoms with Gasteiger partial charge in [0.1, 0.15) is 0 Å². The molecule has 0 saturated carbocycles. The number of allylic oxidation sites excluding steroid dienone is 4. The van der Waals surface area contributed by atoms with Crippen LogP contribution in [0.1, 0.15) is 32.6 Å². The molecule has 1 aliphatic carbocycles. The Morgan fingerprint density at radius 2 is 2.06 bits per heavy atom. The molecule has 0 amide bonds. The van der Waals surface area contributed by atoms with Gasteiger partial charge in [-0.15, -0.1) is 0 Å². The summed E-state index contributed by atoms with van der Waals surface area (Å²) in [5.41, 5.74) is 1.63. The molecule has 0 aromatic carbocycles. The van der Waals surface area contributed by atoms with Crippen molar-refractivity contribution < 1.29 is 0 Å². The molecule has 0 spiro atoms. The molecular formula is C14H22BN. The number of rotatable bonds is 2. The quantitative estimate of drug-likeness (QED) is 0.640. The van der Waals surface area contributed by atoms with Crippen LogP contribution < -0.4 is 0 Å². The minimum Gasteiger partial charge on any atom is -0.308 e. The van der Waals surface area contributed by atoms with Crippen molar-refractivity contribution in [2.75, 3.05) is 13.1 Å². The van der Waals surface area contributed by atoms with Gasteiger partial charge in [-0.2, -0.15) is 0 Å². The van der Waals surface area contributed by atoms with Crippen LogP contribution >= 0.6 is 0 Å². The third kappa shape index (κ3) is 2.13. The van der Waals surface area contributed by atoms with Crippen LogP contribution in [0.2, 0.25) is 6.32 Å². The molecule has 0 bridgehead atoms. The number of hydrogen-bond acceptors (Lipinski definition) is 1. The van der Waals surface area contributed by atoms with Crippen LogP contribution in [0.4, 0.5) is 0 Å². The summed E-state index contributed by atoms with van der Waals surface area (Å²) < 4.78 is 0. The lowest BCUT2D eigenvalue weighted by atomic mass is 9.59. The Balaban J connectivity index is 1.55. The van der Waals surface area contributed by atoms with Gasteiger partial charge in [0.05, 0.1) is 0 Å². The van der Waals surface area contributed by atoms with Crippen LogP contribution in [0.15, 0.2) is 23.7 Å². The zero-order chi connectivity index (χ0) is 11.0. The molecule has 16 heavy (non-hydrogen) atoms. The van der Waals surface area contributed by atoms with Gasteiger partial charge in [-0.3, -0.25) is 0 Å². The summed E-state index contributed by atoms with van der Waals surface area (Å²) in [4.78, 5) is 2.74. The first-order valence-electron chi connectivity index (χ1n) is 6.95. The van der Waals surface area contributed by atoms with Gasteiger partial charge < -0.3 is 4.90 Å². The summed E-state index contributed by atoms with van der Waals surface area (Å²) in [6.07, 6.45) is 14.0. The second-order valence-electron chi connectivity index (χ2n) is 5.81. The monoisotopic (exact) mass is 215 g/mol. The maximum Gasteiger partial charge on any atom is 0.194 e. The third-order valence-electron chi connectivity index (χ3n) is 4.50. The van der Waals surface area contributed by atoms with E-state index >= 15 is 0 Å². The van der Waals surface area contributed by atoms with Crippen molar-refractivity contribution in [2.24, 2.45) is 5.92 Å². The summed E-state index contributed by atoms with van der Waals surface area (Å²) in [7, 11) is 0. The van der Waals surface area contributed by atoms with E-state index in [-0.39, 0.29) is 0 Å². The molecule has 2 heteroatoms. The van der Waals surface area contributed by atoms with E-state index in [9.17, 15) is 0 Å². The largest absolute Gasteiger partial charge is 0.308 e. The van der Waals surface area contributed by atoms with E-state index in [4.69, 9.17) is 0 Å². The second-order valence-corrected chi connectivity index (χ2v) is 5.81. The van der Waals surface area contributed by atoms with Gasteiger partial charge in [0.25, 0.3) is 0 Å². The highest BCUT2D eigenvalue weighted by Crippen LogP contribution is 2.37. The molecule has 2 heterocycles. The van der Waals surface area contributed by atoms with Crippen molar-refractivity contribution >= 4 is 6.71 Å². The molecule has 1 unspecified atom stereocenters. The van der Waals surface area contributed by atoms with E-state index in [0.29, 0.717) is 0 Å². The van der Waals surface area contributed by atoms with Crippen LogP contribution in [0.3, 0.4) is 0 Å². The first-order chi connectivity index (χ1) is 7.84. The van der Waals surface area contributed by atoms with E-state index in [2.05, 4.69) is 30.1 Å². The maximum absolute atomic E-state index is 2.74. The molecule has 2 saturated heterocycles. The number of hydrogen-bond donors (Lipinski definition) is 0. The van der Waals surface area contributed by atoms with Crippen molar-refractivity contribution in [3.8, 4) is 0 Å². The average Bonchev–Trinajstić information content (AvgIpc) is 3.11. The van der Waals surface area contributed by atoms with Crippen molar-refractivity contribution in [2.45, 2.75) is 44.9 Å². The molecule has 0 aromatic heterocycles. The lowest BCUT2D eigenvalue weighted by molar-refractivity contribution is 0.196. The van der Waals surface area contributed by atoms with Gasteiger partial charge in [-0.05, 0) is 50.6 Å². The fraction of sp³-hybridized carbons (Fsp3) is 0.714. The Morgan fingerprint density at radius 1 is 1.25 bits per heavy atom. The summed E-state index contributed by atoms with van der Waals surface area (Å²) in [5, 5.41) is 0. The highest BCUT2D eigenvalue weighted by molar-refractivity contribution is 6.79. The van der Waals surface area contributed by atoms with E-state index in [1.54, 1.807) is 5.47 Å². The Hall–Kier alpha value is -0.495. The average molecular weight is 215 g/mol. The van der Waals surface area contributed by atoms with Crippen LogP contribution in [-0.2, 0) is 0 Å². The van der Waals surface area contributed by atoms with Crippen molar-refractivity contribution in [3.63, 3.8) is 0 Å². The Morgan fingerprint density at radius 3 is 2.75 bits per heavy atom. The zero-order valence-electron chi connectivity index (χ0n) is 10.4. The standard InChI is InChI=1S/C14H22BN/c1-12-7-9-16(10-8-12)14-11-15(14)13-5-3-2-4-6-13/h3,5-6,12,14H,2,4,7-11H2,1H3. The SMILES string of the molecule is CC1CCN(C2CB2C2=CCCC=C2)CC1. The summed E-state index contributed by atoms with van der Waals surface area (Å²) in [6, 6.07) is 0. The Labute approximate surface area is 99.7 Å². The topological polar surface area (TPSA) is 3.24 Å². The predicted molar refractivity (Wildman–Crippen MR) is 70.8 cm³/mol. The molecular weight excluding hydrogens is 193 g/mol. The van der Waals surface area contributed by atoms with Gasteiger partial charge in [0.15, 0.2) is 6.71 Å². The molecule has 86 valence electrons.